The molecular weight excluding hydrogens is 801 g/mol. The SMILES string of the molecule is CCCCC1=Cc2c(n(-c3ccccc3-c3c#cncc3-c3cnccc3-c3ccccc3-n3c4ccc(CCCC)cc4c4cc(CCCC)ccc43)c3ccc(CCCC)cc23)CC1. The molecule has 66 heavy (non-hydrogen) atoms. The number of allylic oxidation sites excluding steroid dienone is 1. The molecule has 0 bridgehead atoms. The van der Waals surface area contributed by atoms with Gasteiger partial charge in [-0.3, -0.25) is 4.98 Å². The van der Waals surface area contributed by atoms with Crippen molar-refractivity contribution >= 4 is 38.8 Å². The smallest absolute Gasteiger partial charge is 0.0544 e. The highest BCUT2D eigenvalue weighted by atomic mass is 15.0. The standard InChI is InChI=1S/C62H62N4/c1-5-9-17-43-25-29-59-51(37-43)52-38-44(18-10-6-2)26-30-60(52)65(59)57-23-15-13-21-49(57)47-33-35-63-41-55(47)56-42-64-36-34-48(56)50-22-14-16-24-58(50)66-61-31-27-45(19-11-7-3)39-53(61)54-40-46(20-12-8-4)28-32-62(54)66/h13-16,21-27,29-31,33,35,37-42H,5-12,17-20,28,32H2,1-4H3. The van der Waals surface area contributed by atoms with Crippen LogP contribution in [0.25, 0.3) is 83.5 Å². The van der Waals surface area contributed by atoms with Crippen molar-refractivity contribution in [3.63, 3.8) is 0 Å². The topological polar surface area (TPSA) is 35.6 Å². The first-order valence-corrected chi connectivity index (χ1v) is 24.9. The number of hydrogen-bond donors (Lipinski definition) is 0. The third-order valence-corrected chi connectivity index (χ3v) is 14.1. The molecule has 0 spiro atoms. The van der Waals surface area contributed by atoms with Crippen molar-refractivity contribution in [2.75, 3.05) is 0 Å². The van der Waals surface area contributed by atoms with E-state index in [0.29, 0.717) is 0 Å². The van der Waals surface area contributed by atoms with Gasteiger partial charge in [-0.1, -0.05) is 120 Å². The van der Waals surface area contributed by atoms with Crippen LogP contribution in [-0.2, 0) is 25.7 Å². The number of unbranched alkanes of at least 4 members (excludes halogenated alkanes) is 4. The van der Waals surface area contributed by atoms with E-state index in [1.807, 2.05) is 18.6 Å². The molecule has 0 saturated carbocycles. The molecule has 0 unspecified atom stereocenters. The van der Waals surface area contributed by atoms with Crippen molar-refractivity contribution in [2.24, 2.45) is 0 Å². The fraction of sp³-hybridized carbons (Fsp3) is 0.290. The van der Waals surface area contributed by atoms with Gasteiger partial charge in [-0.25, -0.2) is 4.98 Å². The molecule has 0 aliphatic heterocycles. The lowest BCUT2D eigenvalue weighted by atomic mass is 9.91. The zero-order valence-corrected chi connectivity index (χ0v) is 39.4. The van der Waals surface area contributed by atoms with Crippen molar-refractivity contribution in [3.8, 4) is 44.8 Å². The fourth-order valence-corrected chi connectivity index (χ4v) is 10.6. The van der Waals surface area contributed by atoms with Gasteiger partial charge in [-0.2, -0.15) is 0 Å². The summed E-state index contributed by atoms with van der Waals surface area (Å²) in [5, 5.41) is 4.00. The van der Waals surface area contributed by atoms with Crippen LogP contribution in [-0.4, -0.2) is 19.1 Å². The summed E-state index contributed by atoms with van der Waals surface area (Å²) in [4.78, 5) is 9.45. The van der Waals surface area contributed by atoms with Gasteiger partial charge in [-0.15, -0.1) is 0 Å². The minimum atomic E-state index is 0.966. The Hall–Kier alpha value is -6.70. The molecule has 0 N–H and O–H groups in total. The number of para-hydroxylation sites is 2. The molecule has 4 heterocycles. The lowest BCUT2D eigenvalue weighted by Gasteiger charge is -2.20. The molecule has 4 nitrogen and oxygen atoms in total. The Bertz CT molecular complexity index is 3150. The molecule has 330 valence electrons. The summed E-state index contributed by atoms with van der Waals surface area (Å²) in [6.45, 7) is 9.13. The van der Waals surface area contributed by atoms with E-state index in [2.05, 4.69) is 169 Å². The van der Waals surface area contributed by atoms with Crippen molar-refractivity contribution in [1.29, 1.82) is 0 Å². The number of hydrogen-bond acceptors (Lipinski definition) is 2. The molecular formula is C62H62N4. The summed E-state index contributed by atoms with van der Waals surface area (Å²) in [6, 6.07) is 45.0. The second kappa shape index (κ2) is 19.4. The van der Waals surface area contributed by atoms with Gasteiger partial charge in [0.05, 0.1) is 27.9 Å². The molecule has 9 aromatic rings. The average molecular weight is 863 g/mol. The number of nitrogens with zero attached hydrogens (tertiary/aromatic N) is 4. The highest BCUT2D eigenvalue weighted by Gasteiger charge is 2.25. The second-order valence-corrected chi connectivity index (χ2v) is 18.5. The van der Waals surface area contributed by atoms with E-state index in [1.165, 1.54) is 118 Å². The van der Waals surface area contributed by atoms with Gasteiger partial charge >= 0.3 is 0 Å². The van der Waals surface area contributed by atoms with Crippen LogP contribution in [0, 0.1) is 12.3 Å². The third kappa shape index (κ3) is 8.15. The molecule has 5 aromatic carbocycles. The molecule has 0 saturated heterocycles. The van der Waals surface area contributed by atoms with Gasteiger partial charge < -0.3 is 9.13 Å². The highest BCUT2D eigenvalue weighted by Crippen LogP contribution is 2.44. The summed E-state index contributed by atoms with van der Waals surface area (Å²) in [5.74, 6) is 0. The lowest BCUT2D eigenvalue weighted by Crippen LogP contribution is -2.07. The van der Waals surface area contributed by atoms with E-state index < -0.39 is 0 Å². The fourth-order valence-electron chi connectivity index (χ4n) is 10.6. The summed E-state index contributed by atoms with van der Waals surface area (Å²) in [5.41, 5.74) is 20.9. The Labute approximate surface area is 392 Å². The van der Waals surface area contributed by atoms with Crippen molar-refractivity contribution in [2.45, 2.75) is 118 Å². The highest BCUT2D eigenvalue weighted by molar-refractivity contribution is 6.10. The predicted octanol–water partition coefficient (Wildman–Crippen LogP) is 16.7. The molecule has 1 aliphatic carbocycles. The Morgan fingerprint density at radius 2 is 1.06 bits per heavy atom. The number of pyridine rings is 1. The zero-order chi connectivity index (χ0) is 45.0. The summed E-state index contributed by atoms with van der Waals surface area (Å²) in [6.07, 6.45) is 27.8. The maximum Gasteiger partial charge on any atom is 0.0544 e. The largest absolute Gasteiger partial charge is 0.312 e. The normalized spacial score (nSPS) is 12.5. The Morgan fingerprint density at radius 1 is 0.500 bits per heavy atom. The molecule has 0 radical (unpaired) electrons. The van der Waals surface area contributed by atoms with Gasteiger partial charge in [0.1, 0.15) is 0 Å². The van der Waals surface area contributed by atoms with Crippen LogP contribution in [0.1, 0.15) is 120 Å². The van der Waals surface area contributed by atoms with Gasteiger partial charge in [0.2, 0.25) is 0 Å². The van der Waals surface area contributed by atoms with Crippen LogP contribution < -0.4 is 0 Å². The van der Waals surface area contributed by atoms with Crippen LogP contribution >= 0.6 is 0 Å². The second-order valence-electron chi connectivity index (χ2n) is 18.5. The summed E-state index contributed by atoms with van der Waals surface area (Å²) < 4.78 is 5.05. The minimum Gasteiger partial charge on any atom is -0.312 e. The van der Waals surface area contributed by atoms with Crippen LogP contribution in [0.15, 0.2) is 133 Å². The first-order valence-electron chi connectivity index (χ1n) is 24.9. The van der Waals surface area contributed by atoms with Gasteiger partial charge in [0.25, 0.3) is 0 Å². The summed E-state index contributed by atoms with van der Waals surface area (Å²) in [7, 11) is 0. The molecule has 0 amide bonds. The quantitative estimate of drug-likeness (QED) is 0.0914. The lowest BCUT2D eigenvalue weighted by molar-refractivity contribution is 0.739. The van der Waals surface area contributed by atoms with E-state index in [9.17, 15) is 0 Å². The number of rotatable bonds is 17. The van der Waals surface area contributed by atoms with E-state index in [0.717, 1.165) is 76.9 Å². The van der Waals surface area contributed by atoms with Crippen LogP contribution in [0.2, 0.25) is 0 Å². The monoisotopic (exact) mass is 862 g/mol. The Balaban J connectivity index is 1.13. The third-order valence-electron chi connectivity index (χ3n) is 14.1. The maximum atomic E-state index is 4.80. The average Bonchev–Trinajstić information content (AvgIpc) is 3.87. The molecule has 4 heteroatoms. The number of benzene rings is 5. The maximum absolute atomic E-state index is 4.80. The Kier molecular flexibility index (Phi) is 12.7. The molecule has 4 aromatic heterocycles. The van der Waals surface area contributed by atoms with Crippen molar-refractivity contribution in [1.82, 2.24) is 19.1 Å². The van der Waals surface area contributed by atoms with Crippen molar-refractivity contribution < 1.29 is 0 Å². The Morgan fingerprint density at radius 3 is 1.70 bits per heavy atom. The summed E-state index contributed by atoms with van der Waals surface area (Å²) >= 11 is 0. The predicted molar refractivity (Wildman–Crippen MR) is 279 cm³/mol. The van der Waals surface area contributed by atoms with Gasteiger partial charge in [-0.05, 0) is 147 Å². The van der Waals surface area contributed by atoms with Crippen LogP contribution in [0.5, 0.6) is 0 Å². The van der Waals surface area contributed by atoms with Crippen LogP contribution in [0.4, 0.5) is 0 Å². The molecule has 0 fully saturated rings. The van der Waals surface area contributed by atoms with E-state index in [4.69, 9.17) is 4.98 Å². The number of aryl methyl sites for hydroxylation is 3. The van der Waals surface area contributed by atoms with Crippen LogP contribution in [0.3, 0.4) is 0 Å². The minimum absolute atomic E-state index is 0.966. The van der Waals surface area contributed by atoms with E-state index >= 15 is 0 Å². The number of aromatic nitrogens is 4. The van der Waals surface area contributed by atoms with Gasteiger partial charge in [0, 0.05) is 80.0 Å². The van der Waals surface area contributed by atoms with E-state index in [1.54, 1.807) is 5.57 Å². The number of fused-ring (bicyclic) bond motifs is 6. The molecule has 10 rings (SSSR count). The van der Waals surface area contributed by atoms with Gasteiger partial charge in [0.15, 0.2) is 0 Å². The van der Waals surface area contributed by atoms with Crippen molar-refractivity contribution in [3.05, 3.63) is 174 Å². The first kappa shape index (κ1) is 43.2. The molecule has 0 atom stereocenters. The zero-order valence-electron chi connectivity index (χ0n) is 39.4. The first-order chi connectivity index (χ1) is 32.6. The van der Waals surface area contributed by atoms with E-state index in [-0.39, 0.29) is 0 Å². The molecule has 1 aliphatic rings.